The van der Waals surface area contributed by atoms with E-state index in [9.17, 15) is 9.59 Å². The molecule has 0 heterocycles. The summed E-state index contributed by atoms with van der Waals surface area (Å²) in [5, 5.41) is 5.59. The average molecular weight is 360 g/mol. The van der Waals surface area contributed by atoms with E-state index < -0.39 is 0 Å². The van der Waals surface area contributed by atoms with E-state index >= 15 is 0 Å². The van der Waals surface area contributed by atoms with Crippen molar-refractivity contribution in [3.8, 4) is 5.75 Å². The third-order valence-electron chi connectivity index (χ3n) is 3.80. The first-order valence-electron chi connectivity index (χ1n) is 8.56. The summed E-state index contributed by atoms with van der Waals surface area (Å²) in [7, 11) is 0. The molecule has 2 amide bonds. The lowest BCUT2D eigenvalue weighted by Gasteiger charge is -2.10. The molecule has 0 aliphatic carbocycles. The highest BCUT2D eigenvalue weighted by Crippen LogP contribution is 2.17. The van der Waals surface area contributed by atoms with Gasteiger partial charge in [0, 0.05) is 16.9 Å². The smallest absolute Gasteiger partial charge is 0.262 e. The lowest BCUT2D eigenvalue weighted by molar-refractivity contribution is -0.118. The van der Waals surface area contributed by atoms with Crippen molar-refractivity contribution in [3.05, 3.63) is 90.0 Å². The van der Waals surface area contributed by atoms with Crippen LogP contribution in [-0.2, 0) is 4.79 Å². The molecule has 0 bridgehead atoms. The minimum Gasteiger partial charge on any atom is -0.484 e. The maximum atomic E-state index is 12.3. The number of amides is 2. The Balaban J connectivity index is 1.58. The molecule has 136 valence electrons. The Morgan fingerprint density at radius 1 is 0.815 bits per heavy atom. The lowest BCUT2D eigenvalue weighted by atomic mass is 10.1. The molecule has 0 aliphatic rings. The van der Waals surface area contributed by atoms with Gasteiger partial charge in [-0.3, -0.25) is 9.59 Å². The van der Waals surface area contributed by atoms with E-state index in [-0.39, 0.29) is 18.4 Å². The number of rotatable bonds is 6. The molecule has 27 heavy (non-hydrogen) atoms. The zero-order chi connectivity index (χ0) is 19.1. The van der Waals surface area contributed by atoms with Crippen LogP contribution in [0.2, 0.25) is 0 Å². The van der Waals surface area contributed by atoms with Crippen LogP contribution in [0.1, 0.15) is 15.9 Å². The molecule has 0 unspecified atom stereocenters. The minimum absolute atomic E-state index is 0.0934. The van der Waals surface area contributed by atoms with E-state index in [0.29, 0.717) is 22.7 Å². The summed E-state index contributed by atoms with van der Waals surface area (Å²) in [5.74, 6) is 0.155. The van der Waals surface area contributed by atoms with Crippen LogP contribution in [0.3, 0.4) is 0 Å². The molecule has 5 heteroatoms. The van der Waals surface area contributed by atoms with Crippen LogP contribution in [-0.4, -0.2) is 18.4 Å². The van der Waals surface area contributed by atoms with Gasteiger partial charge >= 0.3 is 0 Å². The SMILES string of the molecule is Cc1cccc(C(=O)Nc2cccc(NC(=O)COc3ccccc3)c2)c1. The molecule has 0 aliphatic heterocycles. The summed E-state index contributed by atoms with van der Waals surface area (Å²) < 4.78 is 5.42. The number of hydrogen-bond acceptors (Lipinski definition) is 3. The number of anilines is 2. The van der Waals surface area contributed by atoms with E-state index in [4.69, 9.17) is 4.74 Å². The predicted octanol–water partition coefficient (Wildman–Crippen LogP) is 4.26. The van der Waals surface area contributed by atoms with Crippen molar-refractivity contribution in [2.45, 2.75) is 6.92 Å². The maximum absolute atomic E-state index is 12.3. The molecule has 3 aromatic carbocycles. The van der Waals surface area contributed by atoms with Gasteiger partial charge in [-0.05, 0) is 49.4 Å². The highest BCUT2D eigenvalue weighted by molar-refractivity contribution is 6.04. The number of hydrogen-bond donors (Lipinski definition) is 2. The number of benzene rings is 3. The van der Waals surface area contributed by atoms with Crippen LogP contribution in [0.25, 0.3) is 0 Å². The van der Waals surface area contributed by atoms with Crippen LogP contribution in [0.15, 0.2) is 78.9 Å². The predicted molar refractivity (Wildman–Crippen MR) is 106 cm³/mol. The summed E-state index contributed by atoms with van der Waals surface area (Å²) in [4.78, 5) is 24.4. The Bertz CT molecular complexity index is 939. The molecule has 3 aromatic rings. The second-order valence-corrected chi connectivity index (χ2v) is 6.05. The Morgan fingerprint density at radius 2 is 1.52 bits per heavy atom. The molecule has 0 atom stereocenters. The first-order chi connectivity index (χ1) is 13.1. The van der Waals surface area contributed by atoms with Crippen molar-refractivity contribution in [2.24, 2.45) is 0 Å². The van der Waals surface area contributed by atoms with Gasteiger partial charge in [-0.2, -0.15) is 0 Å². The van der Waals surface area contributed by atoms with E-state index in [1.807, 2.05) is 43.3 Å². The van der Waals surface area contributed by atoms with Gasteiger partial charge in [-0.25, -0.2) is 0 Å². The van der Waals surface area contributed by atoms with Crippen molar-refractivity contribution >= 4 is 23.2 Å². The summed E-state index contributed by atoms with van der Waals surface area (Å²) in [6.07, 6.45) is 0. The molecular formula is C22H20N2O3. The normalized spacial score (nSPS) is 10.1. The Kier molecular flexibility index (Phi) is 5.84. The Morgan fingerprint density at radius 3 is 2.26 bits per heavy atom. The maximum Gasteiger partial charge on any atom is 0.262 e. The molecule has 0 spiro atoms. The fourth-order valence-corrected chi connectivity index (χ4v) is 2.53. The topological polar surface area (TPSA) is 67.4 Å². The molecule has 0 saturated heterocycles. The first kappa shape index (κ1) is 18.2. The Labute approximate surface area is 158 Å². The fourth-order valence-electron chi connectivity index (χ4n) is 2.53. The minimum atomic E-state index is -0.277. The van der Waals surface area contributed by atoms with Gasteiger partial charge in [0.25, 0.3) is 11.8 Å². The van der Waals surface area contributed by atoms with Crippen molar-refractivity contribution in [1.82, 2.24) is 0 Å². The molecule has 2 N–H and O–H groups in total. The van der Waals surface area contributed by atoms with Crippen LogP contribution in [0, 0.1) is 6.92 Å². The molecule has 0 fully saturated rings. The molecule has 5 nitrogen and oxygen atoms in total. The van der Waals surface area contributed by atoms with Gasteiger partial charge < -0.3 is 15.4 Å². The number of ether oxygens (including phenoxy) is 1. The largest absolute Gasteiger partial charge is 0.484 e. The van der Waals surface area contributed by atoms with Gasteiger partial charge in [0.1, 0.15) is 5.75 Å². The Hall–Kier alpha value is -3.60. The van der Waals surface area contributed by atoms with Gasteiger partial charge in [0.15, 0.2) is 6.61 Å². The summed E-state index contributed by atoms with van der Waals surface area (Å²) in [6.45, 7) is 1.84. The third kappa shape index (κ3) is 5.44. The quantitative estimate of drug-likeness (QED) is 0.690. The highest BCUT2D eigenvalue weighted by atomic mass is 16.5. The van der Waals surface area contributed by atoms with Crippen LogP contribution in [0.5, 0.6) is 5.75 Å². The van der Waals surface area contributed by atoms with Crippen molar-refractivity contribution in [1.29, 1.82) is 0 Å². The van der Waals surface area contributed by atoms with Crippen molar-refractivity contribution < 1.29 is 14.3 Å². The molecule has 0 radical (unpaired) electrons. The standard InChI is InChI=1S/C22H20N2O3/c1-16-7-5-8-17(13-16)22(26)24-19-10-6-9-18(14-19)23-21(25)15-27-20-11-3-2-4-12-20/h2-14H,15H2,1H3,(H,23,25)(H,24,26). The molecule has 0 saturated carbocycles. The van der Waals surface area contributed by atoms with Gasteiger partial charge in [-0.1, -0.05) is 42.0 Å². The summed E-state index contributed by atoms with van der Waals surface area (Å²) in [5.41, 5.74) is 2.78. The second kappa shape index (κ2) is 8.67. The lowest BCUT2D eigenvalue weighted by Crippen LogP contribution is -2.20. The zero-order valence-corrected chi connectivity index (χ0v) is 14.9. The monoisotopic (exact) mass is 360 g/mol. The highest BCUT2D eigenvalue weighted by Gasteiger charge is 2.08. The van der Waals surface area contributed by atoms with E-state index in [1.54, 1.807) is 42.5 Å². The van der Waals surface area contributed by atoms with Gasteiger partial charge in [0.2, 0.25) is 0 Å². The van der Waals surface area contributed by atoms with Gasteiger partial charge in [-0.15, -0.1) is 0 Å². The third-order valence-corrected chi connectivity index (χ3v) is 3.80. The zero-order valence-electron chi connectivity index (χ0n) is 14.9. The van der Waals surface area contributed by atoms with Crippen molar-refractivity contribution in [2.75, 3.05) is 17.2 Å². The van der Waals surface area contributed by atoms with Crippen LogP contribution < -0.4 is 15.4 Å². The van der Waals surface area contributed by atoms with Crippen LogP contribution in [0.4, 0.5) is 11.4 Å². The summed E-state index contributed by atoms with van der Waals surface area (Å²) in [6, 6.07) is 23.5. The van der Waals surface area contributed by atoms with Crippen molar-refractivity contribution in [3.63, 3.8) is 0 Å². The molecule has 0 aromatic heterocycles. The van der Waals surface area contributed by atoms with Gasteiger partial charge in [0.05, 0.1) is 0 Å². The first-order valence-corrected chi connectivity index (χ1v) is 8.56. The van der Waals surface area contributed by atoms with E-state index in [1.165, 1.54) is 0 Å². The summed E-state index contributed by atoms with van der Waals surface area (Å²) >= 11 is 0. The number of aryl methyl sites for hydroxylation is 1. The van der Waals surface area contributed by atoms with Crippen LogP contribution >= 0.6 is 0 Å². The number of carbonyl (C=O) groups is 2. The molecule has 3 rings (SSSR count). The van der Waals surface area contributed by atoms with E-state index in [2.05, 4.69) is 10.6 Å². The molecular weight excluding hydrogens is 340 g/mol. The number of para-hydroxylation sites is 1. The fraction of sp³-hybridized carbons (Fsp3) is 0.0909. The average Bonchev–Trinajstić information content (AvgIpc) is 2.67. The van der Waals surface area contributed by atoms with E-state index in [0.717, 1.165) is 5.56 Å². The number of nitrogens with one attached hydrogen (secondary N) is 2. The number of carbonyl (C=O) groups excluding carboxylic acids is 2. The second-order valence-electron chi connectivity index (χ2n) is 6.05.